The number of benzene rings is 2. The second-order valence-electron chi connectivity index (χ2n) is 7.42. The molecule has 5 nitrogen and oxygen atoms in total. The number of thioether (sulfide) groups is 1. The van der Waals surface area contributed by atoms with E-state index in [1.807, 2.05) is 39.8 Å². The van der Waals surface area contributed by atoms with Crippen LogP contribution in [0.4, 0.5) is 5.13 Å². The van der Waals surface area contributed by atoms with Crippen molar-refractivity contribution in [2.45, 2.75) is 38.1 Å². The quantitative estimate of drug-likeness (QED) is 0.272. The van der Waals surface area contributed by atoms with Gasteiger partial charge in [0.25, 0.3) is 0 Å². The average molecular weight is 487 g/mol. The molecule has 4 rings (SSSR count). The molecule has 168 valence electrons. The first-order valence-corrected chi connectivity index (χ1v) is 12.3. The van der Waals surface area contributed by atoms with Crippen molar-refractivity contribution in [3.63, 3.8) is 0 Å². The molecule has 0 aliphatic carbocycles. The second-order valence-corrected chi connectivity index (χ2v) is 9.77. The molecule has 0 spiro atoms. The van der Waals surface area contributed by atoms with Gasteiger partial charge in [-0.2, -0.15) is 0 Å². The third kappa shape index (κ3) is 6.12. The Hall–Kier alpha value is -2.35. The number of thiazole rings is 1. The largest absolute Gasteiger partial charge is 0.337 e. The molecule has 2 heterocycles. The molecule has 2 aromatic heterocycles. The molecule has 32 heavy (non-hydrogen) atoms. The predicted molar refractivity (Wildman–Crippen MR) is 137 cm³/mol. The van der Waals surface area contributed by atoms with Gasteiger partial charge in [-0.15, -0.1) is 24.2 Å². The summed E-state index contributed by atoms with van der Waals surface area (Å²) < 4.78 is 3.15. The third-order valence-corrected chi connectivity index (χ3v) is 6.95. The third-order valence-electron chi connectivity index (χ3n) is 5.01. The molecular formula is C24H27ClN4OS2. The highest BCUT2D eigenvalue weighted by Gasteiger charge is 2.20. The maximum absolute atomic E-state index is 13.3. The number of carbonyl (C=O) groups excluding carboxylic acids is 1. The zero-order valence-corrected chi connectivity index (χ0v) is 20.7. The topological polar surface area (TPSA) is 51.0 Å². The molecule has 0 fully saturated rings. The number of aromatic nitrogens is 3. The summed E-state index contributed by atoms with van der Waals surface area (Å²) in [6, 6.07) is 14.5. The van der Waals surface area contributed by atoms with Crippen molar-refractivity contribution >= 4 is 56.8 Å². The maximum Gasteiger partial charge on any atom is 0.233 e. The molecule has 1 amide bonds. The molecule has 0 saturated carbocycles. The standard InChI is InChI=1S/C24H26N4OS2.ClH/c1-3-30-20-8-6-19(7-9-20)16-23(29)28(13-4-12-27-14-11-25-17-27)24-26-21-10-5-18(2)15-22(21)31-24;/h5-11,14-15,17H,3-4,12-13,16H2,1-2H3;1H. The summed E-state index contributed by atoms with van der Waals surface area (Å²) in [6.07, 6.45) is 6.74. The number of nitrogens with zero attached hydrogens (tertiary/aromatic N) is 4. The van der Waals surface area contributed by atoms with E-state index in [9.17, 15) is 4.79 Å². The summed E-state index contributed by atoms with van der Waals surface area (Å²) in [5.41, 5.74) is 3.17. The van der Waals surface area contributed by atoms with Gasteiger partial charge in [-0.05, 0) is 54.5 Å². The molecule has 0 saturated heterocycles. The summed E-state index contributed by atoms with van der Waals surface area (Å²) in [6.45, 7) is 5.66. The number of rotatable bonds is 9. The molecule has 0 unspecified atom stereocenters. The van der Waals surface area contributed by atoms with Crippen LogP contribution in [0, 0.1) is 6.92 Å². The van der Waals surface area contributed by atoms with Crippen LogP contribution in [0.2, 0.25) is 0 Å². The lowest BCUT2D eigenvalue weighted by Crippen LogP contribution is -2.33. The highest BCUT2D eigenvalue weighted by atomic mass is 35.5. The van der Waals surface area contributed by atoms with E-state index in [0.29, 0.717) is 13.0 Å². The number of carbonyl (C=O) groups is 1. The van der Waals surface area contributed by atoms with Gasteiger partial charge < -0.3 is 4.57 Å². The number of halogens is 1. The van der Waals surface area contributed by atoms with Gasteiger partial charge in [0.1, 0.15) is 0 Å². The number of amides is 1. The molecule has 4 aromatic rings. The molecule has 0 N–H and O–H groups in total. The van der Waals surface area contributed by atoms with Gasteiger partial charge in [0, 0.05) is 30.4 Å². The van der Waals surface area contributed by atoms with Crippen molar-refractivity contribution in [3.8, 4) is 0 Å². The minimum absolute atomic E-state index is 0. The fourth-order valence-electron chi connectivity index (χ4n) is 3.43. The Labute approximate surface area is 203 Å². The van der Waals surface area contributed by atoms with Crippen LogP contribution in [0.3, 0.4) is 0 Å². The van der Waals surface area contributed by atoms with Gasteiger partial charge >= 0.3 is 0 Å². The van der Waals surface area contributed by atoms with Gasteiger partial charge in [-0.1, -0.05) is 36.5 Å². The van der Waals surface area contributed by atoms with Crippen molar-refractivity contribution < 1.29 is 4.79 Å². The number of hydrogen-bond donors (Lipinski definition) is 0. The van der Waals surface area contributed by atoms with E-state index in [4.69, 9.17) is 4.98 Å². The van der Waals surface area contributed by atoms with E-state index in [1.54, 1.807) is 17.5 Å². The van der Waals surface area contributed by atoms with Crippen LogP contribution in [0.5, 0.6) is 0 Å². The smallest absolute Gasteiger partial charge is 0.233 e. The van der Waals surface area contributed by atoms with E-state index in [0.717, 1.165) is 39.6 Å². The zero-order chi connectivity index (χ0) is 21.6. The van der Waals surface area contributed by atoms with E-state index in [2.05, 4.69) is 55.2 Å². The number of aryl methyl sites for hydroxylation is 2. The number of hydrogen-bond acceptors (Lipinski definition) is 5. The molecule has 2 aromatic carbocycles. The monoisotopic (exact) mass is 486 g/mol. The van der Waals surface area contributed by atoms with Crippen molar-refractivity contribution in [2.75, 3.05) is 17.2 Å². The summed E-state index contributed by atoms with van der Waals surface area (Å²) in [4.78, 5) is 25.3. The van der Waals surface area contributed by atoms with Gasteiger partial charge in [-0.25, -0.2) is 9.97 Å². The Morgan fingerprint density at radius 3 is 2.72 bits per heavy atom. The number of fused-ring (bicyclic) bond motifs is 1. The summed E-state index contributed by atoms with van der Waals surface area (Å²) in [5.74, 6) is 1.12. The molecule has 0 bridgehead atoms. The first kappa shape index (κ1) is 24.3. The van der Waals surface area contributed by atoms with Crippen LogP contribution >= 0.6 is 35.5 Å². The molecule has 0 aliphatic rings. The van der Waals surface area contributed by atoms with Crippen molar-refractivity contribution in [1.29, 1.82) is 0 Å². The maximum atomic E-state index is 13.3. The van der Waals surface area contributed by atoms with E-state index >= 15 is 0 Å². The first-order chi connectivity index (χ1) is 15.1. The normalized spacial score (nSPS) is 10.8. The highest BCUT2D eigenvalue weighted by molar-refractivity contribution is 7.99. The molecular weight excluding hydrogens is 460 g/mol. The van der Waals surface area contributed by atoms with Crippen LogP contribution < -0.4 is 4.90 Å². The Bertz CT molecular complexity index is 1140. The summed E-state index contributed by atoms with van der Waals surface area (Å²) in [7, 11) is 0. The highest BCUT2D eigenvalue weighted by Crippen LogP contribution is 2.30. The fourth-order valence-corrected chi connectivity index (χ4v) is 5.20. The van der Waals surface area contributed by atoms with E-state index in [-0.39, 0.29) is 18.3 Å². The van der Waals surface area contributed by atoms with Crippen LogP contribution in [0.1, 0.15) is 24.5 Å². The Morgan fingerprint density at radius 2 is 2.00 bits per heavy atom. The van der Waals surface area contributed by atoms with Gasteiger partial charge in [0.05, 0.1) is 23.0 Å². The minimum atomic E-state index is 0. The van der Waals surface area contributed by atoms with Crippen molar-refractivity contribution in [3.05, 3.63) is 72.3 Å². The van der Waals surface area contributed by atoms with E-state index < -0.39 is 0 Å². The lowest BCUT2D eigenvalue weighted by atomic mass is 10.1. The molecule has 0 aliphatic heterocycles. The molecule has 0 radical (unpaired) electrons. The second kappa shape index (κ2) is 11.5. The van der Waals surface area contributed by atoms with Crippen LogP contribution in [-0.2, 0) is 17.8 Å². The van der Waals surface area contributed by atoms with Gasteiger partial charge in [0.2, 0.25) is 5.91 Å². The molecule has 0 atom stereocenters. The average Bonchev–Trinajstić information content (AvgIpc) is 3.42. The molecule has 8 heteroatoms. The Kier molecular flexibility index (Phi) is 8.73. The van der Waals surface area contributed by atoms with Crippen LogP contribution in [0.25, 0.3) is 10.2 Å². The van der Waals surface area contributed by atoms with Crippen LogP contribution in [-0.4, -0.2) is 32.7 Å². The first-order valence-electron chi connectivity index (χ1n) is 10.5. The number of anilines is 1. The lowest BCUT2D eigenvalue weighted by molar-refractivity contribution is -0.118. The SMILES string of the molecule is CCSc1ccc(CC(=O)N(CCCn2ccnc2)c2nc3ccc(C)cc3s2)cc1.Cl. The zero-order valence-electron chi connectivity index (χ0n) is 18.2. The van der Waals surface area contributed by atoms with Crippen molar-refractivity contribution in [2.24, 2.45) is 0 Å². The minimum Gasteiger partial charge on any atom is -0.337 e. The number of imidazole rings is 1. The van der Waals surface area contributed by atoms with Crippen LogP contribution in [0.15, 0.2) is 66.1 Å². The Morgan fingerprint density at radius 1 is 1.19 bits per heavy atom. The summed E-state index contributed by atoms with van der Waals surface area (Å²) >= 11 is 3.40. The predicted octanol–water partition coefficient (Wildman–Crippen LogP) is 6.00. The lowest BCUT2D eigenvalue weighted by Gasteiger charge is -2.20. The Balaban J connectivity index is 0.00000289. The fraction of sp³-hybridized carbons (Fsp3) is 0.292. The summed E-state index contributed by atoms with van der Waals surface area (Å²) in [5, 5.41) is 0.773. The van der Waals surface area contributed by atoms with E-state index in [1.165, 1.54) is 10.5 Å². The van der Waals surface area contributed by atoms with Crippen molar-refractivity contribution in [1.82, 2.24) is 14.5 Å². The van der Waals surface area contributed by atoms with Gasteiger partial charge in [-0.3, -0.25) is 9.69 Å². The van der Waals surface area contributed by atoms with Gasteiger partial charge in [0.15, 0.2) is 5.13 Å².